The number of pyridine rings is 1. The first-order valence-electron chi connectivity index (χ1n) is 7.58. The van der Waals surface area contributed by atoms with Gasteiger partial charge in [0.15, 0.2) is 0 Å². The second-order valence-electron chi connectivity index (χ2n) is 6.08. The molecule has 1 aliphatic rings. The highest BCUT2D eigenvalue weighted by atomic mass is 16.5. The van der Waals surface area contributed by atoms with Crippen molar-refractivity contribution in [1.82, 2.24) is 15.2 Å². The van der Waals surface area contributed by atoms with Crippen LogP contribution >= 0.6 is 0 Å². The topological polar surface area (TPSA) is 37.4 Å². The van der Waals surface area contributed by atoms with Crippen LogP contribution in [0.3, 0.4) is 0 Å². The van der Waals surface area contributed by atoms with Gasteiger partial charge >= 0.3 is 0 Å². The standard InChI is InChI=1S/C16H27N3O/c1-13(2)10-16(14-4-6-17-7-5-14)18-11-15-12-20-9-8-19(15)3/h4-7,13,15-16,18H,8-12H2,1-3H3. The number of hydrogen-bond donors (Lipinski definition) is 1. The molecule has 0 spiro atoms. The molecule has 20 heavy (non-hydrogen) atoms. The lowest BCUT2D eigenvalue weighted by Crippen LogP contribution is -2.48. The van der Waals surface area contributed by atoms with Gasteiger partial charge < -0.3 is 10.1 Å². The van der Waals surface area contributed by atoms with E-state index < -0.39 is 0 Å². The van der Waals surface area contributed by atoms with Gasteiger partial charge in [-0.1, -0.05) is 13.8 Å². The third-order valence-corrected chi connectivity index (χ3v) is 3.94. The van der Waals surface area contributed by atoms with Crippen LogP contribution in [0.15, 0.2) is 24.5 Å². The van der Waals surface area contributed by atoms with Crippen molar-refractivity contribution in [1.29, 1.82) is 0 Å². The third kappa shape index (κ3) is 4.54. The number of ether oxygens (including phenoxy) is 1. The molecule has 0 aliphatic carbocycles. The van der Waals surface area contributed by atoms with Crippen LogP contribution in [0.5, 0.6) is 0 Å². The Morgan fingerprint density at radius 2 is 2.15 bits per heavy atom. The highest BCUT2D eigenvalue weighted by Gasteiger charge is 2.21. The fraction of sp³-hybridized carbons (Fsp3) is 0.688. The maximum atomic E-state index is 5.58. The summed E-state index contributed by atoms with van der Waals surface area (Å²) >= 11 is 0. The van der Waals surface area contributed by atoms with Gasteiger partial charge in [0.2, 0.25) is 0 Å². The molecule has 4 nitrogen and oxygen atoms in total. The molecule has 1 aromatic rings. The Balaban J connectivity index is 1.94. The first kappa shape index (κ1) is 15.4. The minimum absolute atomic E-state index is 0.397. The van der Waals surface area contributed by atoms with Gasteiger partial charge in [0, 0.05) is 37.6 Å². The monoisotopic (exact) mass is 277 g/mol. The van der Waals surface area contributed by atoms with Gasteiger partial charge in [0.1, 0.15) is 0 Å². The maximum Gasteiger partial charge on any atom is 0.0634 e. The molecule has 1 fully saturated rings. The average Bonchev–Trinajstić information content (AvgIpc) is 2.45. The molecule has 112 valence electrons. The molecule has 1 aromatic heterocycles. The summed E-state index contributed by atoms with van der Waals surface area (Å²) < 4.78 is 5.58. The molecule has 2 atom stereocenters. The number of nitrogens with one attached hydrogen (secondary N) is 1. The van der Waals surface area contributed by atoms with Crippen LogP contribution in [0.1, 0.15) is 31.9 Å². The van der Waals surface area contributed by atoms with Gasteiger partial charge in [-0.2, -0.15) is 0 Å². The van der Waals surface area contributed by atoms with E-state index in [9.17, 15) is 0 Å². The van der Waals surface area contributed by atoms with E-state index in [1.54, 1.807) is 0 Å². The second kappa shape index (κ2) is 7.72. The summed E-state index contributed by atoms with van der Waals surface area (Å²) in [5.74, 6) is 0.668. The summed E-state index contributed by atoms with van der Waals surface area (Å²) in [5.41, 5.74) is 1.33. The summed E-state index contributed by atoms with van der Waals surface area (Å²) in [5, 5.41) is 3.72. The molecule has 2 rings (SSSR count). The minimum atomic E-state index is 0.397. The van der Waals surface area contributed by atoms with Crippen molar-refractivity contribution in [3.05, 3.63) is 30.1 Å². The summed E-state index contributed by atoms with van der Waals surface area (Å²) in [7, 11) is 2.18. The lowest BCUT2D eigenvalue weighted by Gasteiger charge is -2.34. The van der Waals surface area contributed by atoms with Crippen LogP contribution in [0, 0.1) is 5.92 Å². The van der Waals surface area contributed by atoms with Crippen LogP contribution < -0.4 is 5.32 Å². The van der Waals surface area contributed by atoms with Gasteiger partial charge in [-0.3, -0.25) is 9.88 Å². The molecule has 1 aliphatic heterocycles. The quantitative estimate of drug-likeness (QED) is 0.864. The van der Waals surface area contributed by atoms with Crippen molar-refractivity contribution in [3.63, 3.8) is 0 Å². The number of hydrogen-bond acceptors (Lipinski definition) is 4. The number of morpholine rings is 1. The van der Waals surface area contributed by atoms with E-state index in [-0.39, 0.29) is 0 Å². The van der Waals surface area contributed by atoms with Crippen LogP contribution in [0.2, 0.25) is 0 Å². The van der Waals surface area contributed by atoms with Crippen molar-refractivity contribution >= 4 is 0 Å². The van der Waals surface area contributed by atoms with E-state index in [1.165, 1.54) is 5.56 Å². The summed E-state index contributed by atoms with van der Waals surface area (Å²) in [4.78, 5) is 6.50. The fourth-order valence-electron chi connectivity index (χ4n) is 2.64. The van der Waals surface area contributed by atoms with Crippen molar-refractivity contribution in [2.24, 2.45) is 5.92 Å². The smallest absolute Gasteiger partial charge is 0.0634 e. The molecule has 1 saturated heterocycles. The van der Waals surface area contributed by atoms with Gasteiger partial charge in [0.25, 0.3) is 0 Å². The van der Waals surface area contributed by atoms with Crippen molar-refractivity contribution in [3.8, 4) is 0 Å². The van der Waals surface area contributed by atoms with Gasteiger partial charge in [-0.25, -0.2) is 0 Å². The second-order valence-corrected chi connectivity index (χ2v) is 6.08. The van der Waals surface area contributed by atoms with E-state index >= 15 is 0 Å². The van der Waals surface area contributed by atoms with Crippen LogP contribution in [0.4, 0.5) is 0 Å². The summed E-state index contributed by atoms with van der Waals surface area (Å²) in [6.07, 6.45) is 4.89. The fourth-order valence-corrected chi connectivity index (χ4v) is 2.64. The Kier molecular flexibility index (Phi) is 5.95. The number of likely N-dealkylation sites (N-methyl/N-ethyl adjacent to an activating group) is 1. The van der Waals surface area contributed by atoms with Gasteiger partial charge in [-0.05, 0) is 37.1 Å². The molecular weight excluding hydrogens is 250 g/mol. The van der Waals surface area contributed by atoms with E-state index in [0.717, 1.165) is 32.7 Å². The average molecular weight is 277 g/mol. The first-order chi connectivity index (χ1) is 9.66. The van der Waals surface area contributed by atoms with Gasteiger partial charge in [0.05, 0.1) is 13.2 Å². The predicted octanol–water partition coefficient (Wildman–Crippen LogP) is 2.09. The van der Waals surface area contributed by atoms with Crippen LogP contribution in [-0.2, 0) is 4.74 Å². The number of aromatic nitrogens is 1. The van der Waals surface area contributed by atoms with Crippen molar-refractivity contribution < 1.29 is 4.74 Å². The van der Waals surface area contributed by atoms with Crippen molar-refractivity contribution in [2.45, 2.75) is 32.4 Å². The Labute approximate surface area is 122 Å². The summed E-state index contributed by atoms with van der Waals surface area (Å²) in [6, 6.07) is 5.09. The molecule has 0 bridgehead atoms. The minimum Gasteiger partial charge on any atom is -0.378 e. The zero-order valence-electron chi connectivity index (χ0n) is 12.9. The zero-order valence-corrected chi connectivity index (χ0v) is 12.9. The Bertz CT molecular complexity index is 383. The third-order valence-electron chi connectivity index (χ3n) is 3.94. The zero-order chi connectivity index (χ0) is 14.4. The van der Waals surface area contributed by atoms with Gasteiger partial charge in [-0.15, -0.1) is 0 Å². The highest BCUT2D eigenvalue weighted by molar-refractivity contribution is 5.15. The van der Waals surface area contributed by atoms with Crippen LogP contribution in [-0.4, -0.2) is 49.3 Å². The molecule has 0 radical (unpaired) electrons. The largest absolute Gasteiger partial charge is 0.378 e. The lowest BCUT2D eigenvalue weighted by molar-refractivity contribution is 0.00530. The first-order valence-corrected chi connectivity index (χ1v) is 7.58. The van der Waals surface area contributed by atoms with Crippen LogP contribution in [0.25, 0.3) is 0 Å². The maximum absolute atomic E-state index is 5.58. The molecule has 4 heteroatoms. The Morgan fingerprint density at radius 1 is 1.40 bits per heavy atom. The van der Waals surface area contributed by atoms with E-state index in [1.807, 2.05) is 12.4 Å². The van der Waals surface area contributed by atoms with E-state index in [0.29, 0.717) is 18.0 Å². The predicted molar refractivity (Wildman–Crippen MR) is 81.7 cm³/mol. The number of nitrogens with zero attached hydrogens (tertiary/aromatic N) is 2. The molecule has 0 amide bonds. The molecule has 2 unspecified atom stereocenters. The van der Waals surface area contributed by atoms with E-state index in [2.05, 4.69) is 48.2 Å². The number of rotatable bonds is 6. The highest BCUT2D eigenvalue weighted by Crippen LogP contribution is 2.21. The molecule has 0 saturated carbocycles. The molecule has 2 heterocycles. The Hall–Kier alpha value is -0.970. The normalized spacial score (nSPS) is 22.1. The SMILES string of the molecule is CC(C)CC(NCC1COCCN1C)c1ccncc1. The van der Waals surface area contributed by atoms with Crippen molar-refractivity contribution in [2.75, 3.05) is 33.4 Å². The molecular formula is C16H27N3O. The summed E-state index contributed by atoms with van der Waals surface area (Å²) in [6.45, 7) is 8.21. The van der Waals surface area contributed by atoms with E-state index in [4.69, 9.17) is 4.74 Å². The molecule has 1 N–H and O–H groups in total. The molecule has 0 aromatic carbocycles. The lowest BCUT2D eigenvalue weighted by atomic mass is 9.97. The Morgan fingerprint density at radius 3 is 2.80 bits per heavy atom.